The number of aromatic hydroxyl groups is 1. The summed E-state index contributed by atoms with van der Waals surface area (Å²) < 4.78 is 12.7. The maximum absolute atomic E-state index is 12.7. The lowest BCUT2D eigenvalue weighted by molar-refractivity contribution is 0.102. The molecule has 1 amide bonds. The zero-order valence-corrected chi connectivity index (χ0v) is 8.46. The molecule has 0 bridgehead atoms. The van der Waals surface area contributed by atoms with Crippen molar-refractivity contribution in [1.29, 1.82) is 0 Å². The standard InChI is InChI=1S/C10H7FN4O2/c11-6-1-2-7(8(16)5-6)9(17)14-10-12-3-4-13-15-10/h1-5,16H,(H,12,14,15,17). The van der Waals surface area contributed by atoms with Crippen LogP contribution in [0, 0.1) is 5.82 Å². The molecule has 0 saturated carbocycles. The maximum Gasteiger partial charge on any atom is 0.261 e. The van der Waals surface area contributed by atoms with Crippen LogP contribution in [0.3, 0.4) is 0 Å². The van der Waals surface area contributed by atoms with Crippen molar-refractivity contribution in [1.82, 2.24) is 15.2 Å². The first-order valence-corrected chi connectivity index (χ1v) is 4.60. The van der Waals surface area contributed by atoms with Crippen molar-refractivity contribution in [2.75, 3.05) is 5.32 Å². The highest BCUT2D eigenvalue weighted by atomic mass is 19.1. The van der Waals surface area contributed by atoms with Gasteiger partial charge in [-0.15, -0.1) is 5.10 Å². The quantitative estimate of drug-likeness (QED) is 0.808. The Bertz CT molecular complexity index is 547. The zero-order valence-electron chi connectivity index (χ0n) is 8.46. The van der Waals surface area contributed by atoms with Gasteiger partial charge in [0.15, 0.2) is 0 Å². The predicted molar refractivity (Wildman–Crippen MR) is 55.8 cm³/mol. The second-order valence-corrected chi connectivity index (χ2v) is 3.08. The third kappa shape index (κ3) is 2.51. The van der Waals surface area contributed by atoms with E-state index in [-0.39, 0.29) is 11.5 Å². The van der Waals surface area contributed by atoms with Gasteiger partial charge in [-0.2, -0.15) is 5.10 Å². The minimum absolute atomic E-state index is 0.00113. The third-order valence-electron chi connectivity index (χ3n) is 1.91. The average Bonchev–Trinajstić information content (AvgIpc) is 2.30. The summed E-state index contributed by atoms with van der Waals surface area (Å²) in [5, 5.41) is 18.8. The molecule has 0 atom stereocenters. The summed E-state index contributed by atoms with van der Waals surface area (Å²) in [5.74, 6) is -1.72. The number of aromatic nitrogens is 3. The lowest BCUT2D eigenvalue weighted by Gasteiger charge is -2.04. The molecule has 17 heavy (non-hydrogen) atoms. The molecule has 6 nitrogen and oxygen atoms in total. The van der Waals surface area contributed by atoms with Crippen LogP contribution in [0.2, 0.25) is 0 Å². The third-order valence-corrected chi connectivity index (χ3v) is 1.91. The largest absolute Gasteiger partial charge is 0.507 e. The molecule has 0 saturated heterocycles. The lowest BCUT2D eigenvalue weighted by atomic mass is 10.2. The monoisotopic (exact) mass is 234 g/mol. The topological polar surface area (TPSA) is 88.0 Å². The highest BCUT2D eigenvalue weighted by Gasteiger charge is 2.12. The van der Waals surface area contributed by atoms with Crippen molar-refractivity contribution in [2.45, 2.75) is 0 Å². The number of anilines is 1. The molecule has 1 heterocycles. The molecule has 0 fully saturated rings. The normalized spacial score (nSPS) is 9.94. The lowest BCUT2D eigenvalue weighted by Crippen LogP contribution is -2.14. The fourth-order valence-corrected chi connectivity index (χ4v) is 1.17. The molecule has 0 spiro atoms. The molecule has 1 aromatic carbocycles. The first-order valence-electron chi connectivity index (χ1n) is 4.60. The fourth-order valence-electron chi connectivity index (χ4n) is 1.17. The van der Waals surface area contributed by atoms with E-state index in [4.69, 9.17) is 0 Å². The summed E-state index contributed by atoms with van der Waals surface area (Å²) in [6.45, 7) is 0. The van der Waals surface area contributed by atoms with Gasteiger partial charge in [0.25, 0.3) is 5.91 Å². The Kier molecular flexibility index (Phi) is 2.91. The van der Waals surface area contributed by atoms with E-state index in [0.29, 0.717) is 0 Å². The number of benzene rings is 1. The van der Waals surface area contributed by atoms with Crippen molar-refractivity contribution >= 4 is 11.9 Å². The van der Waals surface area contributed by atoms with E-state index in [9.17, 15) is 14.3 Å². The molecule has 0 aliphatic carbocycles. The van der Waals surface area contributed by atoms with E-state index >= 15 is 0 Å². The second-order valence-electron chi connectivity index (χ2n) is 3.08. The Balaban J connectivity index is 2.21. The summed E-state index contributed by atoms with van der Waals surface area (Å²) in [4.78, 5) is 15.4. The van der Waals surface area contributed by atoms with Gasteiger partial charge in [-0.3, -0.25) is 10.1 Å². The maximum atomic E-state index is 12.7. The number of carbonyl (C=O) groups excluding carboxylic acids is 1. The van der Waals surface area contributed by atoms with Crippen LogP contribution in [0.25, 0.3) is 0 Å². The highest BCUT2D eigenvalue weighted by molar-refractivity contribution is 6.05. The SMILES string of the molecule is O=C(Nc1nccnn1)c1ccc(F)cc1O. The van der Waals surface area contributed by atoms with Gasteiger partial charge >= 0.3 is 0 Å². The van der Waals surface area contributed by atoms with Crippen LogP contribution in [0.4, 0.5) is 10.3 Å². The molecular weight excluding hydrogens is 227 g/mol. The van der Waals surface area contributed by atoms with Crippen LogP contribution in [0.5, 0.6) is 5.75 Å². The Morgan fingerprint density at radius 1 is 1.35 bits per heavy atom. The molecule has 1 aromatic heterocycles. The minimum atomic E-state index is -0.643. The first-order chi connectivity index (χ1) is 8.16. The number of amides is 1. The molecule has 2 aromatic rings. The van der Waals surface area contributed by atoms with E-state index in [1.807, 2.05) is 0 Å². The van der Waals surface area contributed by atoms with Crippen LogP contribution >= 0.6 is 0 Å². The highest BCUT2D eigenvalue weighted by Crippen LogP contribution is 2.18. The molecule has 2 rings (SSSR count). The number of hydrogen-bond donors (Lipinski definition) is 2. The molecule has 0 unspecified atom stereocenters. The number of carbonyl (C=O) groups is 1. The van der Waals surface area contributed by atoms with Gasteiger partial charge in [-0.1, -0.05) is 0 Å². The number of nitrogens with zero attached hydrogens (tertiary/aromatic N) is 3. The molecule has 86 valence electrons. The van der Waals surface area contributed by atoms with Gasteiger partial charge in [-0.25, -0.2) is 9.37 Å². The molecule has 0 aliphatic heterocycles. The smallest absolute Gasteiger partial charge is 0.261 e. The van der Waals surface area contributed by atoms with Gasteiger partial charge in [-0.05, 0) is 12.1 Å². The average molecular weight is 234 g/mol. The number of rotatable bonds is 2. The van der Waals surface area contributed by atoms with Gasteiger partial charge < -0.3 is 5.11 Å². The first kappa shape index (κ1) is 10.9. The zero-order chi connectivity index (χ0) is 12.3. The summed E-state index contributed by atoms with van der Waals surface area (Å²) in [7, 11) is 0. The Morgan fingerprint density at radius 2 is 2.18 bits per heavy atom. The van der Waals surface area contributed by atoms with Gasteiger partial charge in [0.1, 0.15) is 11.6 Å². The van der Waals surface area contributed by atoms with Gasteiger partial charge in [0.2, 0.25) is 5.95 Å². The van der Waals surface area contributed by atoms with E-state index in [2.05, 4.69) is 20.5 Å². The molecule has 0 radical (unpaired) electrons. The molecular formula is C10H7FN4O2. The van der Waals surface area contributed by atoms with Crippen molar-refractivity contribution in [2.24, 2.45) is 0 Å². The summed E-state index contributed by atoms with van der Waals surface area (Å²) in [6, 6.07) is 3.08. The van der Waals surface area contributed by atoms with Crippen molar-refractivity contribution in [3.05, 3.63) is 42.0 Å². The second kappa shape index (κ2) is 4.52. The van der Waals surface area contributed by atoms with Gasteiger partial charge in [0, 0.05) is 6.07 Å². The van der Waals surface area contributed by atoms with Crippen molar-refractivity contribution in [3.8, 4) is 5.75 Å². The number of phenolic OH excluding ortho intramolecular Hbond substituents is 1. The Hall–Kier alpha value is -2.57. The van der Waals surface area contributed by atoms with E-state index in [1.165, 1.54) is 12.4 Å². The van der Waals surface area contributed by atoms with E-state index in [0.717, 1.165) is 18.2 Å². The molecule has 7 heteroatoms. The van der Waals surface area contributed by atoms with Crippen LogP contribution in [-0.4, -0.2) is 26.2 Å². The van der Waals surface area contributed by atoms with Gasteiger partial charge in [0.05, 0.1) is 18.0 Å². The minimum Gasteiger partial charge on any atom is -0.507 e. The van der Waals surface area contributed by atoms with Crippen molar-refractivity contribution in [3.63, 3.8) is 0 Å². The number of nitrogens with one attached hydrogen (secondary N) is 1. The van der Waals surface area contributed by atoms with Crippen LogP contribution in [0.15, 0.2) is 30.6 Å². The van der Waals surface area contributed by atoms with E-state index in [1.54, 1.807) is 0 Å². The fraction of sp³-hybridized carbons (Fsp3) is 0. The Labute approximate surface area is 95.2 Å². The number of hydrogen-bond acceptors (Lipinski definition) is 5. The summed E-state index contributed by atoms with van der Waals surface area (Å²) in [6.07, 6.45) is 2.71. The van der Waals surface area contributed by atoms with Crippen LogP contribution in [0.1, 0.15) is 10.4 Å². The molecule has 0 aliphatic rings. The molecule has 2 N–H and O–H groups in total. The number of halogens is 1. The van der Waals surface area contributed by atoms with Crippen LogP contribution < -0.4 is 5.32 Å². The Morgan fingerprint density at radius 3 is 2.82 bits per heavy atom. The van der Waals surface area contributed by atoms with E-state index < -0.39 is 17.5 Å². The van der Waals surface area contributed by atoms with Crippen molar-refractivity contribution < 1.29 is 14.3 Å². The summed E-state index contributed by atoms with van der Waals surface area (Å²) in [5.41, 5.74) is -0.0705. The van der Waals surface area contributed by atoms with Crippen LogP contribution in [-0.2, 0) is 0 Å². The number of phenols is 1. The summed E-state index contributed by atoms with van der Waals surface area (Å²) >= 11 is 0. The predicted octanol–water partition coefficient (Wildman–Crippen LogP) is 0.969.